The van der Waals surface area contributed by atoms with Crippen molar-refractivity contribution in [3.63, 3.8) is 0 Å². The van der Waals surface area contributed by atoms with Crippen molar-refractivity contribution in [2.45, 2.75) is 57.4 Å². The van der Waals surface area contributed by atoms with Crippen LogP contribution in [-0.4, -0.2) is 41.7 Å². The number of piperidine rings is 1. The van der Waals surface area contributed by atoms with Gasteiger partial charge in [0.2, 0.25) is 5.88 Å². The molecule has 1 N–H and O–H groups in total. The molecule has 0 unspecified atom stereocenters. The van der Waals surface area contributed by atoms with Crippen molar-refractivity contribution in [1.29, 1.82) is 0 Å². The van der Waals surface area contributed by atoms with Crippen molar-refractivity contribution >= 4 is 0 Å². The van der Waals surface area contributed by atoms with Crippen LogP contribution in [0.2, 0.25) is 0 Å². The van der Waals surface area contributed by atoms with E-state index in [2.05, 4.69) is 52.6 Å². The Morgan fingerprint density at radius 2 is 2.00 bits per heavy atom. The van der Waals surface area contributed by atoms with Crippen LogP contribution < -0.4 is 14.8 Å². The monoisotopic (exact) mass is 381 g/mol. The highest BCUT2D eigenvalue weighted by molar-refractivity contribution is 5.39. The summed E-state index contributed by atoms with van der Waals surface area (Å²) in [6, 6.07) is 12.8. The van der Waals surface area contributed by atoms with Crippen LogP contribution in [0.25, 0.3) is 0 Å². The van der Waals surface area contributed by atoms with Gasteiger partial charge in [0.05, 0.1) is 6.10 Å². The Morgan fingerprint density at radius 1 is 1.21 bits per heavy atom. The lowest BCUT2D eigenvalue weighted by molar-refractivity contribution is -0.0204. The zero-order valence-corrected chi connectivity index (χ0v) is 17.1. The predicted molar refractivity (Wildman–Crippen MR) is 111 cm³/mol. The average Bonchev–Trinajstić information content (AvgIpc) is 2.69. The van der Waals surface area contributed by atoms with Gasteiger partial charge in [-0.05, 0) is 45.4 Å². The van der Waals surface area contributed by atoms with E-state index in [0.29, 0.717) is 11.9 Å². The van der Waals surface area contributed by atoms with Crippen molar-refractivity contribution in [2.24, 2.45) is 0 Å². The predicted octanol–water partition coefficient (Wildman–Crippen LogP) is 3.95. The molecule has 3 heterocycles. The van der Waals surface area contributed by atoms with E-state index < -0.39 is 0 Å². The second kappa shape index (κ2) is 8.10. The van der Waals surface area contributed by atoms with Crippen LogP contribution in [-0.2, 0) is 6.54 Å². The maximum Gasteiger partial charge on any atom is 0.213 e. The minimum atomic E-state index is -0.0499. The molecule has 1 atom stereocenters. The molecule has 0 radical (unpaired) electrons. The van der Waals surface area contributed by atoms with E-state index >= 15 is 0 Å². The highest BCUT2D eigenvalue weighted by Crippen LogP contribution is 2.44. The second-order valence-corrected chi connectivity index (χ2v) is 8.44. The number of nitrogens with one attached hydrogen (secondary N) is 1. The number of nitrogens with zero attached hydrogens (tertiary/aromatic N) is 2. The number of hydrogen-bond donors (Lipinski definition) is 1. The molecule has 1 fully saturated rings. The van der Waals surface area contributed by atoms with Gasteiger partial charge in [0.15, 0.2) is 0 Å². The summed E-state index contributed by atoms with van der Waals surface area (Å²) in [7, 11) is 2.19. The molecule has 0 aliphatic carbocycles. The van der Waals surface area contributed by atoms with E-state index in [0.717, 1.165) is 50.2 Å². The van der Waals surface area contributed by atoms with Crippen LogP contribution >= 0.6 is 0 Å². The van der Waals surface area contributed by atoms with Crippen LogP contribution in [0.1, 0.15) is 50.3 Å². The normalized spacial score (nSPS) is 21.4. The van der Waals surface area contributed by atoms with Crippen LogP contribution in [0.5, 0.6) is 11.6 Å². The van der Waals surface area contributed by atoms with E-state index in [1.54, 1.807) is 0 Å². The molecule has 2 aliphatic rings. The molecular formula is C23H31N3O2. The lowest BCUT2D eigenvalue weighted by atomic mass is 9.80. The number of pyridine rings is 1. The first-order chi connectivity index (χ1) is 13.5. The summed E-state index contributed by atoms with van der Waals surface area (Å²) in [6.07, 6.45) is 5.22. The van der Waals surface area contributed by atoms with Crippen molar-refractivity contribution in [3.8, 4) is 11.6 Å². The number of para-hydroxylation sites is 1. The molecule has 1 saturated heterocycles. The summed E-state index contributed by atoms with van der Waals surface area (Å²) in [5, 5.41) is 3.76. The summed E-state index contributed by atoms with van der Waals surface area (Å²) < 4.78 is 12.2. The number of hydrogen-bond acceptors (Lipinski definition) is 5. The van der Waals surface area contributed by atoms with Crippen LogP contribution in [0.15, 0.2) is 42.6 Å². The lowest BCUT2D eigenvalue weighted by Crippen LogP contribution is -2.51. The molecule has 1 aromatic heterocycles. The Kier molecular flexibility index (Phi) is 5.56. The summed E-state index contributed by atoms with van der Waals surface area (Å²) in [5.41, 5.74) is 2.38. The van der Waals surface area contributed by atoms with Crippen molar-refractivity contribution in [2.75, 3.05) is 20.1 Å². The van der Waals surface area contributed by atoms with Crippen LogP contribution in [0, 0.1) is 0 Å². The third-order valence-corrected chi connectivity index (χ3v) is 5.80. The van der Waals surface area contributed by atoms with E-state index in [4.69, 9.17) is 9.47 Å². The number of ether oxygens (including phenoxy) is 2. The molecule has 0 saturated carbocycles. The van der Waals surface area contributed by atoms with Crippen LogP contribution in [0.3, 0.4) is 0 Å². The molecule has 2 aromatic rings. The third-order valence-electron chi connectivity index (χ3n) is 5.80. The highest BCUT2D eigenvalue weighted by Gasteiger charge is 2.42. The largest absolute Gasteiger partial charge is 0.487 e. The maximum absolute atomic E-state index is 6.55. The van der Waals surface area contributed by atoms with Crippen molar-refractivity contribution in [3.05, 3.63) is 53.7 Å². The Hall–Kier alpha value is -2.11. The second-order valence-electron chi connectivity index (χ2n) is 8.44. The highest BCUT2D eigenvalue weighted by atomic mass is 16.5. The molecule has 1 spiro atoms. The maximum atomic E-state index is 6.55. The van der Waals surface area contributed by atoms with Gasteiger partial charge < -0.3 is 19.7 Å². The lowest BCUT2D eigenvalue weighted by Gasteiger charge is -2.46. The Labute approximate surface area is 168 Å². The topological polar surface area (TPSA) is 46.6 Å². The molecule has 150 valence electrons. The third kappa shape index (κ3) is 4.31. The average molecular weight is 382 g/mol. The number of fused-ring (bicyclic) bond motifs is 1. The zero-order chi connectivity index (χ0) is 19.6. The van der Waals surface area contributed by atoms with Gasteiger partial charge in [0.25, 0.3) is 0 Å². The van der Waals surface area contributed by atoms with Gasteiger partial charge in [0.1, 0.15) is 11.4 Å². The molecule has 4 rings (SSSR count). The number of benzene rings is 1. The Bertz CT molecular complexity index is 783. The molecule has 5 nitrogen and oxygen atoms in total. The molecule has 1 aromatic carbocycles. The van der Waals surface area contributed by atoms with E-state index in [1.165, 1.54) is 5.56 Å². The van der Waals surface area contributed by atoms with E-state index in [9.17, 15) is 0 Å². The first-order valence-corrected chi connectivity index (χ1v) is 10.3. The van der Waals surface area contributed by atoms with Crippen molar-refractivity contribution < 1.29 is 9.47 Å². The van der Waals surface area contributed by atoms with Gasteiger partial charge in [-0.1, -0.05) is 24.3 Å². The van der Waals surface area contributed by atoms with Crippen molar-refractivity contribution in [1.82, 2.24) is 15.2 Å². The summed E-state index contributed by atoms with van der Waals surface area (Å²) in [5.74, 6) is 1.72. The number of likely N-dealkylation sites (tertiary alicyclic amines) is 1. The summed E-state index contributed by atoms with van der Waals surface area (Å²) in [4.78, 5) is 6.82. The Morgan fingerprint density at radius 3 is 2.71 bits per heavy atom. The zero-order valence-electron chi connectivity index (χ0n) is 17.1. The summed E-state index contributed by atoms with van der Waals surface area (Å²) >= 11 is 0. The minimum Gasteiger partial charge on any atom is -0.487 e. The van der Waals surface area contributed by atoms with E-state index in [1.807, 2.05) is 26.1 Å². The Balaban J connectivity index is 1.47. The fourth-order valence-corrected chi connectivity index (χ4v) is 4.20. The SMILES string of the molecule is CC(C)Oc1ccc(CN[C@@H]2CC3(CCN(C)CC3)Oc3ccccc32)cn1. The fraction of sp³-hybridized carbons (Fsp3) is 0.522. The minimum absolute atomic E-state index is 0.0499. The molecular weight excluding hydrogens is 350 g/mol. The van der Waals surface area contributed by atoms with Gasteiger partial charge in [-0.3, -0.25) is 0 Å². The first kappa shape index (κ1) is 19.2. The molecule has 0 amide bonds. The standard InChI is InChI=1S/C23H31N3O2/c1-17(2)27-22-9-8-18(16-25-22)15-24-20-14-23(10-12-26(3)13-11-23)28-21-7-5-4-6-19(20)21/h4-9,16-17,20,24H,10-15H2,1-3H3/t20-/m1/s1. The number of rotatable bonds is 5. The van der Waals surface area contributed by atoms with Gasteiger partial charge in [-0.15, -0.1) is 0 Å². The van der Waals surface area contributed by atoms with Gasteiger partial charge in [0, 0.05) is 49.9 Å². The summed E-state index contributed by atoms with van der Waals surface area (Å²) in [6.45, 7) is 6.99. The molecule has 28 heavy (non-hydrogen) atoms. The van der Waals surface area contributed by atoms with Gasteiger partial charge >= 0.3 is 0 Å². The smallest absolute Gasteiger partial charge is 0.213 e. The molecule has 0 bridgehead atoms. The fourth-order valence-electron chi connectivity index (χ4n) is 4.20. The quantitative estimate of drug-likeness (QED) is 0.850. The first-order valence-electron chi connectivity index (χ1n) is 10.3. The number of aromatic nitrogens is 1. The van der Waals surface area contributed by atoms with E-state index in [-0.39, 0.29) is 11.7 Å². The van der Waals surface area contributed by atoms with Gasteiger partial charge in [-0.2, -0.15) is 0 Å². The molecule has 2 aliphatic heterocycles. The van der Waals surface area contributed by atoms with Gasteiger partial charge in [-0.25, -0.2) is 4.98 Å². The van der Waals surface area contributed by atoms with Crippen LogP contribution in [0.4, 0.5) is 0 Å². The molecule has 5 heteroatoms.